The van der Waals surface area contributed by atoms with Crippen LogP contribution in [0.3, 0.4) is 0 Å². The standard InChI is InChI=1S/C10H11N3O3/c14-9(8-6-16-10(15)13-8)12-5-7-1-3-11-4-2-7/h1-4,8H,5-6H2,(H,12,14)(H,13,15). The number of ether oxygens (including phenoxy) is 1. The fourth-order valence-electron chi connectivity index (χ4n) is 1.34. The van der Waals surface area contributed by atoms with Gasteiger partial charge in [0.05, 0.1) is 0 Å². The van der Waals surface area contributed by atoms with E-state index in [4.69, 9.17) is 0 Å². The maximum Gasteiger partial charge on any atom is 0.407 e. The molecule has 1 atom stereocenters. The molecule has 0 aromatic carbocycles. The summed E-state index contributed by atoms with van der Waals surface area (Å²) >= 11 is 0. The average Bonchev–Trinajstić information content (AvgIpc) is 2.74. The summed E-state index contributed by atoms with van der Waals surface area (Å²) < 4.78 is 4.62. The highest BCUT2D eigenvalue weighted by molar-refractivity contribution is 5.87. The summed E-state index contributed by atoms with van der Waals surface area (Å²) in [6.45, 7) is 0.495. The number of amides is 2. The number of nitrogens with zero attached hydrogens (tertiary/aromatic N) is 1. The van der Waals surface area contributed by atoms with Gasteiger partial charge in [-0.1, -0.05) is 0 Å². The van der Waals surface area contributed by atoms with Crippen LogP contribution in [0.25, 0.3) is 0 Å². The van der Waals surface area contributed by atoms with Gasteiger partial charge in [0.25, 0.3) is 0 Å². The number of alkyl carbamates (subject to hydrolysis) is 1. The molecule has 16 heavy (non-hydrogen) atoms. The van der Waals surface area contributed by atoms with E-state index >= 15 is 0 Å². The van der Waals surface area contributed by atoms with Crippen LogP contribution in [0.15, 0.2) is 24.5 Å². The summed E-state index contributed by atoms with van der Waals surface area (Å²) in [6, 6.07) is 3.03. The smallest absolute Gasteiger partial charge is 0.407 e. The van der Waals surface area contributed by atoms with Crippen molar-refractivity contribution in [2.24, 2.45) is 0 Å². The fraction of sp³-hybridized carbons (Fsp3) is 0.300. The van der Waals surface area contributed by atoms with Gasteiger partial charge < -0.3 is 15.4 Å². The topological polar surface area (TPSA) is 80.3 Å². The molecule has 2 heterocycles. The van der Waals surface area contributed by atoms with E-state index in [1.807, 2.05) is 12.1 Å². The van der Waals surface area contributed by atoms with Crippen molar-refractivity contribution in [2.45, 2.75) is 12.6 Å². The summed E-state index contributed by atoms with van der Waals surface area (Å²) in [6.07, 6.45) is 2.76. The van der Waals surface area contributed by atoms with Crippen molar-refractivity contribution in [1.29, 1.82) is 0 Å². The third-order valence-corrected chi connectivity index (χ3v) is 2.21. The Bertz CT molecular complexity index is 394. The van der Waals surface area contributed by atoms with Crippen LogP contribution in [0.1, 0.15) is 5.56 Å². The second-order valence-corrected chi connectivity index (χ2v) is 3.37. The summed E-state index contributed by atoms with van der Waals surface area (Å²) in [5.74, 6) is -0.248. The van der Waals surface area contributed by atoms with Crippen LogP contribution in [0, 0.1) is 0 Å². The van der Waals surface area contributed by atoms with Crippen LogP contribution in [-0.2, 0) is 16.1 Å². The highest BCUT2D eigenvalue weighted by Crippen LogP contribution is 1.99. The number of cyclic esters (lactones) is 1. The molecule has 0 radical (unpaired) electrons. The van der Waals surface area contributed by atoms with Crippen LogP contribution in [0.4, 0.5) is 4.79 Å². The molecular formula is C10H11N3O3. The van der Waals surface area contributed by atoms with E-state index in [1.165, 1.54) is 0 Å². The zero-order valence-electron chi connectivity index (χ0n) is 8.47. The lowest BCUT2D eigenvalue weighted by Crippen LogP contribution is -2.42. The first-order chi connectivity index (χ1) is 7.75. The quantitative estimate of drug-likeness (QED) is 0.741. The lowest BCUT2D eigenvalue weighted by Gasteiger charge is -2.08. The van der Waals surface area contributed by atoms with Gasteiger partial charge in [0, 0.05) is 18.9 Å². The van der Waals surface area contributed by atoms with Gasteiger partial charge in [0.1, 0.15) is 12.6 Å². The van der Waals surface area contributed by atoms with Crippen molar-refractivity contribution >= 4 is 12.0 Å². The molecule has 1 aliphatic heterocycles. The highest BCUT2D eigenvalue weighted by Gasteiger charge is 2.28. The van der Waals surface area contributed by atoms with E-state index in [2.05, 4.69) is 20.4 Å². The number of nitrogens with one attached hydrogen (secondary N) is 2. The van der Waals surface area contributed by atoms with E-state index in [0.29, 0.717) is 6.54 Å². The van der Waals surface area contributed by atoms with Gasteiger partial charge in [-0.2, -0.15) is 0 Å². The molecule has 1 unspecified atom stereocenters. The van der Waals surface area contributed by atoms with Gasteiger partial charge in [-0.3, -0.25) is 9.78 Å². The Morgan fingerprint density at radius 2 is 2.31 bits per heavy atom. The molecule has 0 spiro atoms. The largest absolute Gasteiger partial charge is 0.447 e. The highest BCUT2D eigenvalue weighted by atomic mass is 16.6. The molecule has 0 saturated carbocycles. The van der Waals surface area contributed by atoms with Crippen molar-refractivity contribution < 1.29 is 14.3 Å². The molecule has 1 aliphatic rings. The van der Waals surface area contributed by atoms with Gasteiger partial charge in [-0.15, -0.1) is 0 Å². The molecule has 1 saturated heterocycles. The molecule has 84 valence electrons. The minimum absolute atomic E-state index is 0.0843. The van der Waals surface area contributed by atoms with E-state index in [0.717, 1.165) is 5.56 Å². The van der Waals surface area contributed by atoms with Gasteiger partial charge >= 0.3 is 6.09 Å². The molecule has 0 aliphatic carbocycles. The number of hydrogen-bond donors (Lipinski definition) is 2. The molecular weight excluding hydrogens is 210 g/mol. The Hall–Kier alpha value is -2.11. The fourth-order valence-corrected chi connectivity index (χ4v) is 1.34. The van der Waals surface area contributed by atoms with Crippen LogP contribution in [0.2, 0.25) is 0 Å². The molecule has 2 amide bonds. The molecule has 1 aromatic rings. The van der Waals surface area contributed by atoms with Crippen LogP contribution < -0.4 is 10.6 Å². The molecule has 2 rings (SSSR count). The van der Waals surface area contributed by atoms with Crippen molar-refractivity contribution in [1.82, 2.24) is 15.6 Å². The number of hydrogen-bond acceptors (Lipinski definition) is 4. The molecule has 1 aromatic heterocycles. The zero-order chi connectivity index (χ0) is 11.4. The number of rotatable bonds is 3. The maximum absolute atomic E-state index is 11.5. The monoisotopic (exact) mass is 221 g/mol. The van der Waals surface area contributed by atoms with Gasteiger partial charge in [0.15, 0.2) is 0 Å². The van der Waals surface area contributed by atoms with Crippen LogP contribution in [-0.4, -0.2) is 29.6 Å². The second kappa shape index (κ2) is 4.61. The molecule has 0 bridgehead atoms. The van der Waals surface area contributed by atoms with Crippen LogP contribution >= 0.6 is 0 Å². The van der Waals surface area contributed by atoms with Crippen molar-refractivity contribution in [3.05, 3.63) is 30.1 Å². The Morgan fingerprint density at radius 1 is 1.56 bits per heavy atom. The van der Waals surface area contributed by atoms with E-state index in [-0.39, 0.29) is 12.5 Å². The Kier molecular flexibility index (Phi) is 3.00. The molecule has 6 heteroatoms. The van der Waals surface area contributed by atoms with Crippen molar-refractivity contribution in [3.63, 3.8) is 0 Å². The van der Waals surface area contributed by atoms with Gasteiger partial charge in [-0.25, -0.2) is 4.79 Å². The minimum atomic E-state index is -0.589. The van der Waals surface area contributed by atoms with Crippen LogP contribution in [0.5, 0.6) is 0 Å². The normalized spacial score (nSPS) is 18.8. The first kappa shape index (κ1) is 10.4. The zero-order valence-corrected chi connectivity index (χ0v) is 8.47. The second-order valence-electron chi connectivity index (χ2n) is 3.37. The minimum Gasteiger partial charge on any atom is -0.447 e. The first-order valence-corrected chi connectivity index (χ1v) is 4.85. The van der Waals surface area contributed by atoms with Crippen molar-refractivity contribution in [3.8, 4) is 0 Å². The number of pyridine rings is 1. The lowest BCUT2D eigenvalue weighted by atomic mass is 10.2. The average molecular weight is 221 g/mol. The Balaban J connectivity index is 1.82. The van der Waals surface area contributed by atoms with Gasteiger partial charge in [-0.05, 0) is 17.7 Å². The third-order valence-electron chi connectivity index (χ3n) is 2.21. The summed E-state index contributed by atoms with van der Waals surface area (Å²) in [4.78, 5) is 26.1. The van der Waals surface area contributed by atoms with E-state index < -0.39 is 12.1 Å². The van der Waals surface area contributed by atoms with Crippen molar-refractivity contribution in [2.75, 3.05) is 6.61 Å². The van der Waals surface area contributed by atoms with E-state index in [1.54, 1.807) is 12.4 Å². The molecule has 6 nitrogen and oxygen atoms in total. The maximum atomic E-state index is 11.5. The van der Waals surface area contributed by atoms with E-state index in [9.17, 15) is 9.59 Å². The lowest BCUT2D eigenvalue weighted by molar-refractivity contribution is -0.122. The summed E-state index contributed by atoms with van der Waals surface area (Å²) in [7, 11) is 0. The SMILES string of the molecule is O=C1NC(C(=O)NCc2ccncc2)CO1. The number of aromatic nitrogens is 1. The Labute approximate surface area is 92.0 Å². The molecule has 2 N–H and O–H groups in total. The first-order valence-electron chi connectivity index (χ1n) is 4.85. The Morgan fingerprint density at radius 3 is 2.94 bits per heavy atom. The number of carbonyl (C=O) groups is 2. The summed E-state index contributed by atoms with van der Waals surface area (Å²) in [5, 5.41) is 5.10. The predicted molar refractivity (Wildman–Crippen MR) is 54.4 cm³/mol. The number of carbonyl (C=O) groups excluding carboxylic acids is 2. The summed E-state index contributed by atoms with van der Waals surface area (Å²) in [5.41, 5.74) is 0.952. The van der Waals surface area contributed by atoms with Gasteiger partial charge in [0.2, 0.25) is 5.91 Å². The predicted octanol–water partition coefficient (Wildman–Crippen LogP) is -0.194. The molecule has 1 fully saturated rings. The third kappa shape index (κ3) is 2.47.